The number of carbonyl (C=O) groups excluding carboxylic acids is 1. The third-order valence-electron chi connectivity index (χ3n) is 1.88. The summed E-state index contributed by atoms with van der Waals surface area (Å²) in [7, 11) is 0. The molecule has 1 aromatic carbocycles. The van der Waals surface area contributed by atoms with Gasteiger partial charge in [-0.2, -0.15) is 0 Å². The molecule has 1 amide bonds. The summed E-state index contributed by atoms with van der Waals surface area (Å²) >= 11 is 7.95. The number of rotatable bonds is 5. The zero-order valence-corrected chi connectivity index (χ0v) is 11.8. The van der Waals surface area contributed by atoms with E-state index < -0.39 is 0 Å². The van der Waals surface area contributed by atoms with E-state index in [1.807, 2.05) is 6.92 Å². The minimum absolute atomic E-state index is 0.0475. The van der Waals surface area contributed by atoms with Gasteiger partial charge in [-0.15, -0.1) is 0 Å². The van der Waals surface area contributed by atoms with Gasteiger partial charge in [-0.1, -0.05) is 11.6 Å². The standard InChI is InChI=1S/C11H13ClINO2/c1-2-16-6-5-11(15)14-10-4-3-8(12)7-9(10)13/h3-4,7H,2,5-6H2,1H3,(H,14,15). The van der Waals surface area contributed by atoms with E-state index in [1.54, 1.807) is 18.2 Å². The highest BCUT2D eigenvalue weighted by molar-refractivity contribution is 14.1. The van der Waals surface area contributed by atoms with Gasteiger partial charge in [-0.05, 0) is 47.7 Å². The van der Waals surface area contributed by atoms with Gasteiger partial charge in [0, 0.05) is 15.2 Å². The molecule has 0 atom stereocenters. The summed E-state index contributed by atoms with van der Waals surface area (Å²) in [5.41, 5.74) is 0.784. The Morgan fingerprint density at radius 3 is 2.94 bits per heavy atom. The Morgan fingerprint density at radius 1 is 1.56 bits per heavy atom. The highest BCUT2D eigenvalue weighted by atomic mass is 127. The number of anilines is 1. The van der Waals surface area contributed by atoms with Crippen LogP contribution < -0.4 is 5.32 Å². The average molecular weight is 354 g/mol. The third-order valence-corrected chi connectivity index (χ3v) is 3.01. The fraction of sp³-hybridized carbons (Fsp3) is 0.364. The highest BCUT2D eigenvalue weighted by Crippen LogP contribution is 2.22. The van der Waals surface area contributed by atoms with E-state index >= 15 is 0 Å². The summed E-state index contributed by atoms with van der Waals surface area (Å²) in [6.45, 7) is 2.98. The summed E-state index contributed by atoms with van der Waals surface area (Å²) < 4.78 is 6.03. The van der Waals surface area contributed by atoms with E-state index in [1.165, 1.54) is 0 Å². The van der Waals surface area contributed by atoms with E-state index in [9.17, 15) is 4.79 Å². The molecule has 0 bridgehead atoms. The molecule has 0 heterocycles. The van der Waals surface area contributed by atoms with Crippen molar-refractivity contribution in [3.63, 3.8) is 0 Å². The van der Waals surface area contributed by atoms with E-state index in [0.29, 0.717) is 24.7 Å². The third kappa shape index (κ3) is 4.67. The molecule has 88 valence electrons. The van der Waals surface area contributed by atoms with Gasteiger partial charge in [0.05, 0.1) is 18.7 Å². The maximum Gasteiger partial charge on any atom is 0.226 e. The number of ether oxygens (including phenoxy) is 1. The summed E-state index contributed by atoms with van der Waals surface area (Å²) in [6.07, 6.45) is 0.368. The monoisotopic (exact) mass is 353 g/mol. The van der Waals surface area contributed by atoms with Gasteiger partial charge in [0.2, 0.25) is 5.91 Å². The Labute approximate surface area is 114 Å². The van der Waals surface area contributed by atoms with Gasteiger partial charge in [0.25, 0.3) is 0 Å². The molecule has 16 heavy (non-hydrogen) atoms. The fourth-order valence-corrected chi connectivity index (χ4v) is 2.12. The molecule has 3 nitrogen and oxygen atoms in total. The van der Waals surface area contributed by atoms with E-state index in [-0.39, 0.29) is 5.91 Å². The lowest BCUT2D eigenvalue weighted by molar-refractivity contribution is -0.117. The van der Waals surface area contributed by atoms with Crippen molar-refractivity contribution >= 4 is 45.8 Å². The average Bonchev–Trinajstić information content (AvgIpc) is 2.23. The zero-order valence-electron chi connectivity index (χ0n) is 8.93. The van der Waals surface area contributed by atoms with Crippen molar-refractivity contribution in [3.8, 4) is 0 Å². The minimum atomic E-state index is -0.0475. The second kappa shape index (κ2) is 7.09. The highest BCUT2D eigenvalue weighted by Gasteiger charge is 2.05. The van der Waals surface area contributed by atoms with Crippen LogP contribution in [0, 0.1) is 3.57 Å². The summed E-state index contributed by atoms with van der Waals surface area (Å²) in [4.78, 5) is 11.5. The predicted octanol–water partition coefficient (Wildman–Crippen LogP) is 3.31. The number of hydrogen-bond donors (Lipinski definition) is 1. The molecule has 0 saturated carbocycles. The Balaban J connectivity index is 2.49. The van der Waals surface area contributed by atoms with Crippen LogP contribution >= 0.6 is 34.2 Å². The molecule has 0 aromatic heterocycles. The van der Waals surface area contributed by atoms with Crippen molar-refractivity contribution in [2.75, 3.05) is 18.5 Å². The Morgan fingerprint density at radius 2 is 2.31 bits per heavy atom. The molecule has 0 unspecified atom stereocenters. The van der Waals surface area contributed by atoms with Gasteiger partial charge in [-0.3, -0.25) is 4.79 Å². The molecule has 0 aliphatic heterocycles. The number of amides is 1. The van der Waals surface area contributed by atoms with Crippen molar-refractivity contribution in [1.82, 2.24) is 0 Å². The smallest absolute Gasteiger partial charge is 0.226 e. The SMILES string of the molecule is CCOCCC(=O)Nc1ccc(Cl)cc1I. The van der Waals surface area contributed by atoms with Crippen LogP contribution in [-0.4, -0.2) is 19.1 Å². The van der Waals surface area contributed by atoms with Crippen LogP contribution in [0.4, 0.5) is 5.69 Å². The number of benzene rings is 1. The zero-order chi connectivity index (χ0) is 12.0. The van der Waals surface area contributed by atoms with E-state index in [0.717, 1.165) is 9.26 Å². The van der Waals surface area contributed by atoms with Crippen LogP contribution in [0.1, 0.15) is 13.3 Å². The molecule has 1 aromatic rings. The molecular weight excluding hydrogens is 340 g/mol. The van der Waals surface area contributed by atoms with Gasteiger partial charge in [0.1, 0.15) is 0 Å². The predicted molar refractivity (Wildman–Crippen MR) is 73.9 cm³/mol. The molecule has 0 aliphatic carbocycles. The quantitative estimate of drug-likeness (QED) is 0.651. The maximum absolute atomic E-state index is 11.5. The van der Waals surface area contributed by atoms with Crippen LogP contribution in [-0.2, 0) is 9.53 Å². The molecule has 0 radical (unpaired) electrons. The number of hydrogen-bond acceptors (Lipinski definition) is 2. The fourth-order valence-electron chi connectivity index (χ4n) is 1.11. The summed E-state index contributed by atoms with van der Waals surface area (Å²) in [5, 5.41) is 3.47. The molecular formula is C11H13ClINO2. The minimum Gasteiger partial charge on any atom is -0.381 e. The van der Waals surface area contributed by atoms with Crippen LogP contribution in [0.3, 0.4) is 0 Å². The molecule has 5 heteroatoms. The topological polar surface area (TPSA) is 38.3 Å². The normalized spacial score (nSPS) is 10.2. The van der Waals surface area contributed by atoms with Crippen LogP contribution in [0.2, 0.25) is 5.02 Å². The first-order chi connectivity index (χ1) is 7.63. The van der Waals surface area contributed by atoms with Crippen molar-refractivity contribution in [2.24, 2.45) is 0 Å². The first-order valence-electron chi connectivity index (χ1n) is 4.96. The number of nitrogens with one attached hydrogen (secondary N) is 1. The lowest BCUT2D eigenvalue weighted by Gasteiger charge is -2.07. The van der Waals surface area contributed by atoms with Gasteiger partial charge >= 0.3 is 0 Å². The van der Waals surface area contributed by atoms with Crippen molar-refractivity contribution in [3.05, 3.63) is 26.8 Å². The van der Waals surface area contributed by atoms with Crippen LogP contribution in [0.5, 0.6) is 0 Å². The molecule has 1 rings (SSSR count). The van der Waals surface area contributed by atoms with Crippen LogP contribution in [0.25, 0.3) is 0 Å². The summed E-state index contributed by atoms with van der Waals surface area (Å²) in [5.74, 6) is -0.0475. The van der Waals surface area contributed by atoms with Crippen LogP contribution in [0.15, 0.2) is 18.2 Å². The maximum atomic E-state index is 11.5. The summed E-state index contributed by atoms with van der Waals surface area (Å²) in [6, 6.07) is 5.35. The van der Waals surface area contributed by atoms with Crippen molar-refractivity contribution in [1.29, 1.82) is 0 Å². The number of carbonyl (C=O) groups is 1. The largest absolute Gasteiger partial charge is 0.381 e. The molecule has 0 saturated heterocycles. The van der Waals surface area contributed by atoms with Crippen molar-refractivity contribution in [2.45, 2.75) is 13.3 Å². The molecule has 0 aliphatic rings. The lowest BCUT2D eigenvalue weighted by atomic mass is 10.3. The van der Waals surface area contributed by atoms with Gasteiger partial charge in [-0.25, -0.2) is 0 Å². The van der Waals surface area contributed by atoms with E-state index in [4.69, 9.17) is 16.3 Å². The Bertz CT molecular complexity index is 371. The molecule has 0 spiro atoms. The Hall–Kier alpha value is -0.330. The first kappa shape index (κ1) is 13.7. The Kier molecular flexibility index (Phi) is 6.08. The second-order valence-corrected chi connectivity index (χ2v) is 4.72. The molecule has 1 N–H and O–H groups in total. The number of halogens is 2. The van der Waals surface area contributed by atoms with Crippen molar-refractivity contribution < 1.29 is 9.53 Å². The second-order valence-electron chi connectivity index (χ2n) is 3.12. The first-order valence-corrected chi connectivity index (χ1v) is 6.41. The van der Waals surface area contributed by atoms with E-state index in [2.05, 4.69) is 27.9 Å². The molecule has 0 fully saturated rings. The van der Waals surface area contributed by atoms with Gasteiger partial charge in [0.15, 0.2) is 0 Å². The van der Waals surface area contributed by atoms with Gasteiger partial charge < -0.3 is 10.1 Å². The lowest BCUT2D eigenvalue weighted by Crippen LogP contribution is -2.14.